The third-order valence-corrected chi connectivity index (χ3v) is 1.89. The average Bonchev–Trinajstić information content (AvgIpc) is 2.86. The lowest BCUT2D eigenvalue weighted by molar-refractivity contribution is -0.372. The third-order valence-electron chi connectivity index (χ3n) is 1.89. The number of hydrogen-bond donors (Lipinski definition) is 0. The van der Waals surface area contributed by atoms with Crippen molar-refractivity contribution < 1.29 is 13.9 Å². The van der Waals surface area contributed by atoms with Crippen LogP contribution < -0.4 is 4.98 Å². The van der Waals surface area contributed by atoms with Crippen LogP contribution >= 0.6 is 0 Å². The molecule has 3 aromatic rings. The molecule has 1 aromatic carbocycles. The van der Waals surface area contributed by atoms with Gasteiger partial charge in [-0.1, -0.05) is 12.1 Å². The summed E-state index contributed by atoms with van der Waals surface area (Å²) in [5.74, 6) is 0.918. The number of hydrogen-bond acceptors (Lipinski definition) is 4. The molecule has 0 spiro atoms. The first kappa shape index (κ1) is 7.25. The van der Waals surface area contributed by atoms with Crippen molar-refractivity contribution in [3.8, 4) is 11.7 Å². The molecule has 2 heterocycles. The molecule has 0 radical (unpaired) electrons. The number of aromatic nitrogens is 3. The van der Waals surface area contributed by atoms with E-state index in [0.29, 0.717) is 11.7 Å². The second kappa shape index (κ2) is 2.66. The van der Waals surface area contributed by atoms with Gasteiger partial charge in [-0.3, -0.25) is 0 Å². The SMILES string of the molecule is c1ccc2oc(-c3noc[nH+]3)nc2c1. The number of fused-ring (bicyclic) bond motifs is 1. The van der Waals surface area contributed by atoms with Crippen molar-refractivity contribution in [2.75, 3.05) is 0 Å². The number of benzene rings is 1. The van der Waals surface area contributed by atoms with Crippen LogP contribution in [0.1, 0.15) is 0 Å². The zero-order chi connectivity index (χ0) is 9.38. The molecule has 0 saturated heterocycles. The molecule has 68 valence electrons. The molecule has 0 fully saturated rings. The number of aromatic amines is 1. The molecular formula is C9H6N3O2+. The third kappa shape index (κ3) is 0.990. The Morgan fingerprint density at radius 1 is 1.21 bits per heavy atom. The predicted octanol–water partition coefficient (Wildman–Crippen LogP) is 1.30. The van der Waals surface area contributed by atoms with Gasteiger partial charge in [-0.25, -0.2) is 14.5 Å². The monoisotopic (exact) mass is 188 g/mol. The first-order valence-corrected chi connectivity index (χ1v) is 4.11. The highest BCUT2D eigenvalue weighted by molar-refractivity contribution is 5.74. The van der Waals surface area contributed by atoms with E-state index in [9.17, 15) is 0 Å². The fraction of sp³-hybridized carbons (Fsp3) is 0. The van der Waals surface area contributed by atoms with Gasteiger partial charge < -0.3 is 4.42 Å². The van der Waals surface area contributed by atoms with Crippen LogP contribution in [0.5, 0.6) is 0 Å². The highest BCUT2D eigenvalue weighted by Crippen LogP contribution is 2.19. The highest BCUT2D eigenvalue weighted by Gasteiger charge is 2.18. The lowest BCUT2D eigenvalue weighted by Crippen LogP contribution is -1.99. The molecular weight excluding hydrogens is 182 g/mol. The molecule has 3 rings (SSSR count). The van der Waals surface area contributed by atoms with Gasteiger partial charge in [0.15, 0.2) is 10.7 Å². The van der Waals surface area contributed by atoms with Crippen LogP contribution in [-0.4, -0.2) is 10.1 Å². The lowest BCUT2D eigenvalue weighted by Gasteiger charge is -1.79. The molecule has 0 atom stereocenters. The van der Waals surface area contributed by atoms with Crippen LogP contribution in [0.3, 0.4) is 0 Å². The molecule has 0 amide bonds. The second-order valence-corrected chi connectivity index (χ2v) is 2.79. The lowest BCUT2D eigenvalue weighted by atomic mass is 10.3. The standard InChI is InChI=1S/C9H5N3O2/c1-2-4-7-6(3-1)11-9(14-7)8-10-5-13-12-8/h1-5H/p+1. The fourth-order valence-corrected chi connectivity index (χ4v) is 1.26. The van der Waals surface area contributed by atoms with Crippen molar-refractivity contribution in [3.63, 3.8) is 0 Å². The van der Waals surface area contributed by atoms with Gasteiger partial charge in [0.05, 0.1) is 0 Å². The van der Waals surface area contributed by atoms with Gasteiger partial charge >= 0.3 is 18.1 Å². The van der Waals surface area contributed by atoms with Gasteiger partial charge in [-0.05, 0) is 12.1 Å². The van der Waals surface area contributed by atoms with E-state index in [4.69, 9.17) is 4.42 Å². The van der Waals surface area contributed by atoms with Crippen LogP contribution in [0.4, 0.5) is 0 Å². The van der Waals surface area contributed by atoms with Gasteiger partial charge in [0, 0.05) is 0 Å². The van der Waals surface area contributed by atoms with E-state index >= 15 is 0 Å². The maximum absolute atomic E-state index is 5.45. The molecule has 1 N–H and O–H groups in total. The van der Waals surface area contributed by atoms with Crippen molar-refractivity contribution in [3.05, 3.63) is 30.7 Å². The Bertz CT molecular complexity index is 523. The molecule has 5 nitrogen and oxygen atoms in total. The van der Waals surface area contributed by atoms with Crippen molar-refractivity contribution in [1.29, 1.82) is 0 Å². The number of oxazole rings is 1. The summed E-state index contributed by atoms with van der Waals surface area (Å²) >= 11 is 0. The summed E-state index contributed by atoms with van der Waals surface area (Å²) in [6.45, 7) is 0. The van der Waals surface area contributed by atoms with Gasteiger partial charge in [0.2, 0.25) is 0 Å². The molecule has 0 bridgehead atoms. The first-order valence-electron chi connectivity index (χ1n) is 4.11. The van der Waals surface area contributed by atoms with E-state index in [1.807, 2.05) is 24.3 Å². The first-order chi connectivity index (χ1) is 6.93. The van der Waals surface area contributed by atoms with Crippen LogP contribution in [0.2, 0.25) is 0 Å². The van der Waals surface area contributed by atoms with Crippen molar-refractivity contribution in [1.82, 2.24) is 10.1 Å². The van der Waals surface area contributed by atoms with E-state index in [-0.39, 0.29) is 0 Å². The Morgan fingerprint density at radius 3 is 2.93 bits per heavy atom. The molecule has 14 heavy (non-hydrogen) atoms. The largest absolute Gasteiger partial charge is 0.433 e. The minimum Gasteiger partial charge on any atom is -0.430 e. The van der Waals surface area contributed by atoms with Crippen LogP contribution in [0.25, 0.3) is 22.8 Å². The van der Waals surface area contributed by atoms with Gasteiger partial charge in [0.25, 0.3) is 0 Å². The molecule has 0 saturated carbocycles. The number of nitrogens with zero attached hydrogens (tertiary/aromatic N) is 2. The number of H-pyrrole nitrogens is 1. The van der Waals surface area contributed by atoms with E-state index in [1.165, 1.54) is 6.39 Å². The maximum Gasteiger partial charge on any atom is 0.433 e. The number of para-hydroxylation sites is 2. The molecule has 5 heteroatoms. The zero-order valence-corrected chi connectivity index (χ0v) is 7.10. The maximum atomic E-state index is 5.45. The van der Waals surface area contributed by atoms with E-state index < -0.39 is 0 Å². The Labute approximate surface area is 78.4 Å². The molecule has 0 unspecified atom stereocenters. The summed E-state index contributed by atoms with van der Waals surface area (Å²) in [5, 5.41) is 3.69. The van der Waals surface area contributed by atoms with Crippen molar-refractivity contribution in [2.24, 2.45) is 0 Å². The number of rotatable bonds is 1. The predicted molar refractivity (Wildman–Crippen MR) is 46.1 cm³/mol. The molecule has 0 aliphatic rings. The Balaban J connectivity index is 2.24. The zero-order valence-electron chi connectivity index (χ0n) is 7.10. The second-order valence-electron chi connectivity index (χ2n) is 2.79. The molecule has 0 aliphatic heterocycles. The van der Waals surface area contributed by atoms with E-state index in [0.717, 1.165) is 11.1 Å². The van der Waals surface area contributed by atoms with Crippen LogP contribution in [0, 0.1) is 0 Å². The van der Waals surface area contributed by atoms with E-state index in [1.54, 1.807) is 0 Å². The summed E-state index contributed by atoms with van der Waals surface area (Å²) in [6.07, 6.45) is 1.37. The topological polar surface area (TPSA) is 66.2 Å². The Morgan fingerprint density at radius 2 is 2.14 bits per heavy atom. The van der Waals surface area contributed by atoms with Gasteiger partial charge in [-0.2, -0.15) is 0 Å². The van der Waals surface area contributed by atoms with Crippen molar-refractivity contribution in [2.45, 2.75) is 0 Å². The quantitative estimate of drug-likeness (QED) is 0.577. The Kier molecular flexibility index (Phi) is 1.38. The summed E-state index contributed by atoms with van der Waals surface area (Å²) < 4.78 is 10.1. The van der Waals surface area contributed by atoms with Crippen molar-refractivity contribution >= 4 is 11.1 Å². The normalized spacial score (nSPS) is 10.9. The van der Waals surface area contributed by atoms with Gasteiger partial charge in [0.1, 0.15) is 5.52 Å². The fourth-order valence-electron chi connectivity index (χ4n) is 1.26. The summed E-state index contributed by atoms with van der Waals surface area (Å²) in [7, 11) is 0. The number of nitrogens with one attached hydrogen (secondary N) is 1. The van der Waals surface area contributed by atoms with Crippen LogP contribution in [0.15, 0.2) is 39.6 Å². The Hall–Kier alpha value is -2.17. The van der Waals surface area contributed by atoms with Crippen LogP contribution in [-0.2, 0) is 0 Å². The summed E-state index contributed by atoms with van der Waals surface area (Å²) in [6, 6.07) is 7.53. The minimum atomic E-state index is 0.431. The highest BCUT2D eigenvalue weighted by atomic mass is 16.5. The molecule has 2 aromatic heterocycles. The summed E-state index contributed by atoms with van der Waals surface area (Å²) in [5.41, 5.74) is 1.54. The molecule has 0 aliphatic carbocycles. The van der Waals surface area contributed by atoms with E-state index in [2.05, 4.69) is 19.6 Å². The summed E-state index contributed by atoms with van der Waals surface area (Å²) in [4.78, 5) is 7.02. The minimum absolute atomic E-state index is 0.431. The van der Waals surface area contributed by atoms with Gasteiger partial charge in [-0.15, -0.1) is 0 Å². The smallest absolute Gasteiger partial charge is 0.430 e. The average molecular weight is 188 g/mol.